The summed E-state index contributed by atoms with van der Waals surface area (Å²) in [7, 11) is 1.37. The topological polar surface area (TPSA) is 121 Å². The molecule has 30 heavy (non-hydrogen) atoms. The molecule has 0 bridgehead atoms. The van der Waals surface area contributed by atoms with Crippen LogP contribution in [-0.4, -0.2) is 30.5 Å². The van der Waals surface area contributed by atoms with Crippen LogP contribution in [0.4, 0.5) is 11.4 Å². The number of rotatable bonds is 7. The molecule has 0 fully saturated rings. The molecule has 1 amide bonds. The highest BCUT2D eigenvalue weighted by molar-refractivity contribution is 5.95. The molecule has 1 aromatic heterocycles. The van der Waals surface area contributed by atoms with Crippen LogP contribution in [0.1, 0.15) is 16.7 Å². The van der Waals surface area contributed by atoms with Gasteiger partial charge >= 0.3 is 5.97 Å². The maximum Gasteiger partial charge on any atom is 0.310 e. The predicted octanol–water partition coefficient (Wildman–Crippen LogP) is 3.69. The lowest BCUT2D eigenvalue weighted by molar-refractivity contribution is -0.384. The van der Waals surface area contributed by atoms with Gasteiger partial charge in [-0.05, 0) is 43.2 Å². The van der Waals surface area contributed by atoms with E-state index in [4.69, 9.17) is 13.9 Å². The number of nitrogens with zero attached hydrogens (tertiary/aromatic N) is 1. The summed E-state index contributed by atoms with van der Waals surface area (Å²) in [6.07, 6.45) is 1.45. The summed E-state index contributed by atoms with van der Waals surface area (Å²) in [5.41, 5.74) is 3.40. The Labute approximate surface area is 171 Å². The maximum atomic E-state index is 12.2. The fourth-order valence-electron chi connectivity index (χ4n) is 2.92. The lowest BCUT2D eigenvalue weighted by atomic mass is 10.0. The van der Waals surface area contributed by atoms with E-state index < -0.39 is 23.4 Å². The molecule has 156 valence electrons. The summed E-state index contributed by atoms with van der Waals surface area (Å²) in [6.45, 7) is 3.40. The van der Waals surface area contributed by atoms with Crippen molar-refractivity contribution in [2.75, 3.05) is 19.0 Å². The zero-order valence-electron chi connectivity index (χ0n) is 16.7. The van der Waals surface area contributed by atoms with Gasteiger partial charge in [0, 0.05) is 23.1 Å². The number of nitro benzene ring substituents is 1. The van der Waals surface area contributed by atoms with Crippen molar-refractivity contribution in [1.29, 1.82) is 0 Å². The Hall–Kier alpha value is -3.88. The number of ether oxygens (including phenoxy) is 2. The molecule has 0 aliphatic carbocycles. The first-order valence-corrected chi connectivity index (χ1v) is 9.03. The van der Waals surface area contributed by atoms with E-state index in [0.717, 1.165) is 16.5 Å². The lowest BCUT2D eigenvalue weighted by Crippen LogP contribution is -2.22. The number of benzene rings is 2. The molecular formula is C21H20N2O7. The van der Waals surface area contributed by atoms with Gasteiger partial charge in [-0.15, -0.1) is 0 Å². The standard InChI is InChI=1S/C21H20N2O7/c1-12-6-16-14(10-29-19(16)7-13(12)2)8-21(25)30-11-20(24)22-17-9-15(23(26)27)4-5-18(17)28-3/h4-7,9-10H,8,11H2,1-3H3,(H,22,24). The van der Waals surface area contributed by atoms with Gasteiger partial charge in [-0.2, -0.15) is 0 Å². The molecule has 2 aromatic carbocycles. The average molecular weight is 412 g/mol. The number of fused-ring (bicyclic) bond motifs is 1. The van der Waals surface area contributed by atoms with Crippen LogP contribution in [0.5, 0.6) is 5.75 Å². The monoisotopic (exact) mass is 412 g/mol. The van der Waals surface area contributed by atoms with Crippen LogP contribution in [-0.2, 0) is 20.7 Å². The fraction of sp³-hybridized carbons (Fsp3) is 0.238. The number of aryl methyl sites for hydroxylation is 2. The van der Waals surface area contributed by atoms with E-state index >= 15 is 0 Å². The summed E-state index contributed by atoms with van der Waals surface area (Å²) in [6, 6.07) is 7.64. The largest absolute Gasteiger partial charge is 0.495 e. The summed E-state index contributed by atoms with van der Waals surface area (Å²) in [5, 5.41) is 14.2. The molecule has 0 saturated heterocycles. The lowest BCUT2D eigenvalue weighted by Gasteiger charge is -2.10. The van der Waals surface area contributed by atoms with E-state index in [2.05, 4.69) is 5.32 Å². The van der Waals surface area contributed by atoms with Gasteiger partial charge in [-0.3, -0.25) is 19.7 Å². The van der Waals surface area contributed by atoms with Gasteiger partial charge in [0.15, 0.2) is 6.61 Å². The molecular weight excluding hydrogens is 392 g/mol. The zero-order valence-corrected chi connectivity index (χ0v) is 16.7. The van der Waals surface area contributed by atoms with Crippen molar-refractivity contribution in [3.8, 4) is 5.75 Å². The molecule has 0 saturated carbocycles. The van der Waals surface area contributed by atoms with Crippen molar-refractivity contribution >= 4 is 34.2 Å². The number of hydrogen-bond acceptors (Lipinski definition) is 7. The third-order valence-corrected chi connectivity index (χ3v) is 4.64. The van der Waals surface area contributed by atoms with Crippen molar-refractivity contribution < 1.29 is 28.4 Å². The second-order valence-corrected chi connectivity index (χ2v) is 6.72. The van der Waals surface area contributed by atoms with Gasteiger partial charge in [0.25, 0.3) is 11.6 Å². The highest BCUT2D eigenvalue weighted by atomic mass is 16.6. The van der Waals surface area contributed by atoms with Crippen LogP contribution in [0, 0.1) is 24.0 Å². The number of carbonyl (C=O) groups is 2. The number of furan rings is 1. The van der Waals surface area contributed by atoms with E-state index in [9.17, 15) is 19.7 Å². The number of methoxy groups -OCH3 is 1. The third kappa shape index (κ3) is 4.57. The number of esters is 1. The second kappa shape index (κ2) is 8.64. The van der Waals surface area contributed by atoms with Crippen molar-refractivity contribution in [2.45, 2.75) is 20.3 Å². The number of non-ortho nitro benzene ring substituents is 1. The van der Waals surface area contributed by atoms with Crippen molar-refractivity contribution in [3.63, 3.8) is 0 Å². The van der Waals surface area contributed by atoms with Gasteiger partial charge in [0.2, 0.25) is 0 Å². The van der Waals surface area contributed by atoms with Crippen molar-refractivity contribution in [1.82, 2.24) is 0 Å². The SMILES string of the molecule is COc1ccc([N+](=O)[O-])cc1NC(=O)COC(=O)Cc1coc2cc(C)c(C)cc12. The van der Waals surface area contributed by atoms with E-state index in [1.54, 1.807) is 0 Å². The maximum absolute atomic E-state index is 12.2. The van der Waals surface area contributed by atoms with Crippen molar-refractivity contribution in [2.24, 2.45) is 0 Å². The van der Waals surface area contributed by atoms with Crippen LogP contribution in [0.2, 0.25) is 0 Å². The third-order valence-electron chi connectivity index (χ3n) is 4.64. The molecule has 9 nitrogen and oxygen atoms in total. The Kier molecular flexibility index (Phi) is 6.01. The molecule has 3 rings (SSSR count). The number of amides is 1. The Morgan fingerprint density at radius 3 is 2.60 bits per heavy atom. The summed E-state index contributed by atoms with van der Waals surface area (Å²) >= 11 is 0. The molecule has 0 radical (unpaired) electrons. The van der Waals surface area contributed by atoms with E-state index in [1.807, 2.05) is 26.0 Å². The van der Waals surface area contributed by atoms with Gasteiger partial charge in [0.05, 0.1) is 30.4 Å². The van der Waals surface area contributed by atoms with Gasteiger partial charge in [-0.1, -0.05) is 0 Å². The number of nitrogens with one attached hydrogen (secondary N) is 1. The highest BCUT2D eigenvalue weighted by Gasteiger charge is 2.16. The first-order chi connectivity index (χ1) is 14.3. The first kappa shape index (κ1) is 20.8. The molecule has 3 aromatic rings. The smallest absolute Gasteiger partial charge is 0.310 e. The Morgan fingerprint density at radius 1 is 1.17 bits per heavy atom. The molecule has 0 aliphatic rings. The Bertz CT molecular complexity index is 1130. The van der Waals surface area contributed by atoms with E-state index in [1.165, 1.54) is 31.6 Å². The van der Waals surface area contributed by atoms with E-state index in [-0.39, 0.29) is 23.5 Å². The molecule has 0 spiro atoms. The Balaban J connectivity index is 1.61. The van der Waals surface area contributed by atoms with Crippen LogP contribution in [0.15, 0.2) is 41.0 Å². The minimum absolute atomic E-state index is 0.0527. The molecule has 0 aliphatic heterocycles. The number of anilines is 1. The highest BCUT2D eigenvalue weighted by Crippen LogP contribution is 2.29. The normalized spacial score (nSPS) is 10.6. The quantitative estimate of drug-likeness (QED) is 0.357. The van der Waals surface area contributed by atoms with E-state index in [0.29, 0.717) is 11.1 Å². The molecule has 9 heteroatoms. The fourth-order valence-corrected chi connectivity index (χ4v) is 2.92. The zero-order chi connectivity index (χ0) is 21.8. The Morgan fingerprint density at radius 2 is 1.90 bits per heavy atom. The molecule has 1 N–H and O–H groups in total. The van der Waals surface area contributed by atoms with Crippen LogP contribution in [0.25, 0.3) is 11.0 Å². The average Bonchev–Trinajstić information content (AvgIpc) is 3.08. The van der Waals surface area contributed by atoms with Gasteiger partial charge in [-0.25, -0.2) is 0 Å². The minimum atomic E-state index is -0.648. The molecule has 1 heterocycles. The number of carbonyl (C=O) groups excluding carboxylic acids is 2. The van der Waals surface area contributed by atoms with Gasteiger partial charge < -0.3 is 19.2 Å². The predicted molar refractivity (Wildman–Crippen MR) is 109 cm³/mol. The molecule has 0 unspecified atom stereocenters. The first-order valence-electron chi connectivity index (χ1n) is 9.03. The van der Waals surface area contributed by atoms with Crippen LogP contribution < -0.4 is 10.1 Å². The number of nitro groups is 1. The molecule has 0 atom stereocenters. The second-order valence-electron chi connectivity index (χ2n) is 6.72. The van der Waals surface area contributed by atoms with Gasteiger partial charge in [0.1, 0.15) is 11.3 Å². The van der Waals surface area contributed by atoms with Crippen LogP contribution in [0.3, 0.4) is 0 Å². The summed E-state index contributed by atoms with van der Waals surface area (Å²) in [4.78, 5) is 34.6. The summed E-state index contributed by atoms with van der Waals surface area (Å²) < 4.78 is 15.6. The van der Waals surface area contributed by atoms with Crippen molar-refractivity contribution in [3.05, 3.63) is 63.4 Å². The van der Waals surface area contributed by atoms with Crippen LogP contribution >= 0.6 is 0 Å². The summed E-state index contributed by atoms with van der Waals surface area (Å²) in [5.74, 6) is -1.00. The minimum Gasteiger partial charge on any atom is -0.495 e. The number of hydrogen-bond donors (Lipinski definition) is 1.